The zero-order valence-corrected chi connectivity index (χ0v) is 15.7. The molecule has 0 saturated carbocycles. The normalized spacial score (nSPS) is 12.9. The molecule has 1 aromatic carbocycles. The minimum absolute atomic E-state index is 0.0918. The molecule has 6 nitrogen and oxygen atoms in total. The number of benzene rings is 1. The van der Waals surface area contributed by atoms with Gasteiger partial charge in [0.2, 0.25) is 10.0 Å². The number of nitrogens with one attached hydrogen (secondary N) is 2. The molecule has 154 valence electrons. The average molecular weight is 425 g/mol. The van der Waals surface area contributed by atoms with Gasteiger partial charge in [0, 0.05) is 25.0 Å². The predicted octanol–water partition coefficient (Wildman–Crippen LogP) is 3.17. The van der Waals surface area contributed by atoms with Gasteiger partial charge in [-0.2, -0.15) is 17.9 Å². The minimum Gasteiger partial charge on any atom is -0.345 e. The first-order valence-electron chi connectivity index (χ1n) is 7.67. The first-order chi connectivity index (χ1) is 12.6. The summed E-state index contributed by atoms with van der Waals surface area (Å²) >= 11 is 0. The van der Waals surface area contributed by atoms with Gasteiger partial charge in [-0.1, -0.05) is 0 Å². The minimum atomic E-state index is -4.85. The fourth-order valence-electron chi connectivity index (χ4n) is 2.13. The summed E-state index contributed by atoms with van der Waals surface area (Å²) in [6, 6.07) is 3.46. The van der Waals surface area contributed by atoms with E-state index in [0.29, 0.717) is 13.8 Å². The van der Waals surface area contributed by atoms with E-state index in [1.165, 1.54) is 7.05 Å². The Balaban J connectivity index is 2.28. The van der Waals surface area contributed by atoms with Crippen LogP contribution in [0.4, 0.5) is 27.6 Å². The third-order valence-electron chi connectivity index (χ3n) is 3.80. The highest BCUT2D eigenvalue weighted by Gasteiger charge is 2.50. The van der Waals surface area contributed by atoms with Crippen molar-refractivity contribution in [2.24, 2.45) is 7.05 Å². The van der Waals surface area contributed by atoms with E-state index in [-0.39, 0.29) is 11.4 Å². The second-order valence-corrected chi connectivity index (χ2v) is 8.17. The van der Waals surface area contributed by atoms with Crippen molar-refractivity contribution in [1.29, 1.82) is 0 Å². The molecule has 0 radical (unpaired) electrons. The van der Waals surface area contributed by atoms with E-state index >= 15 is 0 Å². The first kappa shape index (κ1) is 21.8. The fourth-order valence-corrected chi connectivity index (χ4v) is 3.60. The lowest BCUT2D eigenvalue weighted by atomic mass is 10.1. The van der Waals surface area contributed by atoms with Crippen molar-refractivity contribution in [3.05, 3.63) is 47.8 Å². The lowest BCUT2D eigenvalue weighted by molar-refractivity contribution is -0.180. The number of aromatic nitrogens is 1. The van der Waals surface area contributed by atoms with Crippen molar-refractivity contribution in [3.63, 3.8) is 0 Å². The maximum Gasteiger partial charge on any atom is 0.407 e. The molecule has 12 heteroatoms. The monoisotopic (exact) mass is 425 g/mol. The molecule has 0 aliphatic carbocycles. The number of aryl methyl sites for hydroxylation is 1. The van der Waals surface area contributed by atoms with Gasteiger partial charge in [0.25, 0.3) is 5.91 Å². The van der Waals surface area contributed by atoms with Crippen LogP contribution in [0, 0.1) is 11.6 Å². The van der Waals surface area contributed by atoms with Crippen LogP contribution in [0.2, 0.25) is 0 Å². The number of hydrogen-bond acceptors (Lipinski definition) is 3. The Bertz CT molecular complexity index is 1010. The first-order valence-corrected chi connectivity index (χ1v) is 9.16. The van der Waals surface area contributed by atoms with E-state index in [1.54, 1.807) is 4.72 Å². The Morgan fingerprint density at radius 3 is 2.21 bits per heavy atom. The summed E-state index contributed by atoms with van der Waals surface area (Å²) in [4.78, 5) is 11.7. The van der Waals surface area contributed by atoms with Crippen LogP contribution in [-0.2, 0) is 17.1 Å². The Kier molecular flexibility index (Phi) is 5.59. The summed E-state index contributed by atoms with van der Waals surface area (Å²) in [5.41, 5.74) is -3.06. The van der Waals surface area contributed by atoms with E-state index in [0.717, 1.165) is 35.0 Å². The van der Waals surface area contributed by atoms with Gasteiger partial charge in [-0.25, -0.2) is 17.2 Å². The number of nitrogens with zero attached hydrogens (tertiary/aromatic N) is 1. The van der Waals surface area contributed by atoms with Gasteiger partial charge in [0.05, 0.1) is 0 Å². The zero-order valence-electron chi connectivity index (χ0n) is 14.9. The molecule has 0 spiro atoms. The van der Waals surface area contributed by atoms with Crippen LogP contribution in [0.5, 0.6) is 0 Å². The maximum absolute atomic E-state index is 13.2. The molecule has 1 amide bonds. The number of alkyl halides is 3. The number of anilines is 1. The molecule has 2 N–H and O–H groups in total. The van der Waals surface area contributed by atoms with Crippen LogP contribution in [-0.4, -0.2) is 30.6 Å². The molecule has 0 saturated heterocycles. The van der Waals surface area contributed by atoms with E-state index in [2.05, 4.69) is 5.32 Å². The standard InChI is InChI=1S/C16H16F5N3O3S/c1-15(2,16(19,20)21)23-28(26,27)10-7-13(24(3)8-10)14(25)22-9-4-5-11(17)12(18)6-9/h4-8,23H,1-3H3,(H,22,25). The lowest BCUT2D eigenvalue weighted by Crippen LogP contribution is -2.54. The second kappa shape index (κ2) is 7.17. The predicted molar refractivity (Wildman–Crippen MR) is 90.2 cm³/mol. The molecule has 0 atom stereocenters. The molecule has 28 heavy (non-hydrogen) atoms. The van der Waals surface area contributed by atoms with Crippen LogP contribution < -0.4 is 10.0 Å². The Hall–Kier alpha value is -2.47. The number of hydrogen-bond donors (Lipinski definition) is 2. The molecule has 0 unspecified atom stereocenters. The van der Waals surface area contributed by atoms with E-state index < -0.39 is 44.2 Å². The van der Waals surface area contributed by atoms with Crippen molar-refractivity contribution in [2.75, 3.05) is 5.32 Å². The zero-order chi connectivity index (χ0) is 21.5. The summed E-state index contributed by atoms with van der Waals surface area (Å²) in [6.45, 7) is 1.31. The lowest BCUT2D eigenvalue weighted by Gasteiger charge is -2.28. The number of rotatable bonds is 5. The number of sulfonamides is 1. The van der Waals surface area contributed by atoms with Crippen LogP contribution in [0.15, 0.2) is 35.4 Å². The molecule has 2 rings (SSSR count). The quantitative estimate of drug-likeness (QED) is 0.723. The van der Waals surface area contributed by atoms with Crippen molar-refractivity contribution >= 4 is 21.6 Å². The highest BCUT2D eigenvalue weighted by Crippen LogP contribution is 2.31. The highest BCUT2D eigenvalue weighted by molar-refractivity contribution is 7.89. The van der Waals surface area contributed by atoms with E-state index in [4.69, 9.17) is 0 Å². The van der Waals surface area contributed by atoms with Crippen LogP contribution in [0.25, 0.3) is 0 Å². The average Bonchev–Trinajstić information content (AvgIpc) is 2.92. The summed E-state index contributed by atoms with van der Waals surface area (Å²) in [7, 11) is -3.30. The van der Waals surface area contributed by atoms with Gasteiger partial charge in [-0.3, -0.25) is 4.79 Å². The molecule has 0 fully saturated rings. The summed E-state index contributed by atoms with van der Waals surface area (Å²) in [6.07, 6.45) is -3.89. The van der Waals surface area contributed by atoms with Crippen LogP contribution in [0.1, 0.15) is 24.3 Å². The van der Waals surface area contributed by atoms with Gasteiger partial charge < -0.3 is 9.88 Å². The topological polar surface area (TPSA) is 80.2 Å². The molecule has 0 aliphatic heterocycles. The molecule has 0 bridgehead atoms. The summed E-state index contributed by atoms with van der Waals surface area (Å²) in [5.74, 6) is -3.19. The van der Waals surface area contributed by atoms with Gasteiger partial charge in [-0.05, 0) is 32.0 Å². The van der Waals surface area contributed by atoms with Gasteiger partial charge >= 0.3 is 6.18 Å². The fraction of sp³-hybridized carbons (Fsp3) is 0.312. The van der Waals surface area contributed by atoms with Crippen molar-refractivity contribution in [1.82, 2.24) is 9.29 Å². The van der Waals surface area contributed by atoms with E-state index in [9.17, 15) is 35.2 Å². The molecule has 1 aromatic heterocycles. The maximum atomic E-state index is 13.2. The third-order valence-corrected chi connectivity index (χ3v) is 5.42. The van der Waals surface area contributed by atoms with Crippen molar-refractivity contribution < 1.29 is 35.2 Å². The van der Waals surface area contributed by atoms with Crippen molar-refractivity contribution in [2.45, 2.75) is 30.5 Å². The van der Waals surface area contributed by atoms with Crippen molar-refractivity contribution in [3.8, 4) is 0 Å². The van der Waals surface area contributed by atoms with Gasteiger partial charge in [0.1, 0.15) is 16.1 Å². The van der Waals surface area contributed by atoms with Crippen LogP contribution >= 0.6 is 0 Å². The number of carbonyl (C=O) groups excluding carboxylic acids is 1. The molecule has 1 heterocycles. The second-order valence-electron chi connectivity index (χ2n) is 6.48. The molecular formula is C16H16F5N3O3S. The number of carbonyl (C=O) groups is 1. The largest absolute Gasteiger partial charge is 0.407 e. The summed E-state index contributed by atoms with van der Waals surface area (Å²) < 4.78 is 92.1. The highest BCUT2D eigenvalue weighted by atomic mass is 32.2. The number of amides is 1. The third kappa shape index (κ3) is 4.50. The Morgan fingerprint density at radius 1 is 1.07 bits per heavy atom. The molecule has 0 aliphatic rings. The van der Waals surface area contributed by atoms with Gasteiger partial charge in [0.15, 0.2) is 11.6 Å². The Labute approximate surface area is 157 Å². The molecule has 2 aromatic rings. The smallest absolute Gasteiger partial charge is 0.345 e. The Morgan fingerprint density at radius 2 is 1.68 bits per heavy atom. The van der Waals surface area contributed by atoms with Gasteiger partial charge in [-0.15, -0.1) is 0 Å². The van der Waals surface area contributed by atoms with Crippen LogP contribution in [0.3, 0.4) is 0 Å². The SMILES string of the molecule is Cn1cc(S(=O)(=O)NC(C)(C)C(F)(F)F)cc1C(=O)Nc1ccc(F)c(F)c1. The van der Waals surface area contributed by atoms with E-state index in [1.807, 2.05) is 0 Å². The number of halogens is 5. The molecular weight excluding hydrogens is 409 g/mol. The summed E-state index contributed by atoms with van der Waals surface area (Å²) in [5, 5.41) is 2.24.